The highest BCUT2D eigenvalue weighted by Gasteiger charge is 2.13. The molecule has 0 aromatic carbocycles. The van der Waals surface area contributed by atoms with Gasteiger partial charge in [0.2, 0.25) is 0 Å². The van der Waals surface area contributed by atoms with Crippen molar-refractivity contribution in [2.45, 2.75) is 26.8 Å². The van der Waals surface area contributed by atoms with Crippen molar-refractivity contribution in [1.82, 2.24) is 19.6 Å². The van der Waals surface area contributed by atoms with Crippen LogP contribution in [-0.2, 0) is 7.05 Å². The SMILES string of the molecule is CC(C)C(C)n1[nH]c(-c2ccnn2C)cc1=S. The quantitative estimate of drug-likeness (QED) is 0.850. The molecule has 2 aromatic heterocycles. The van der Waals surface area contributed by atoms with Crippen molar-refractivity contribution in [3.63, 3.8) is 0 Å². The minimum atomic E-state index is 0.365. The van der Waals surface area contributed by atoms with Crippen molar-refractivity contribution < 1.29 is 0 Å². The molecule has 0 bridgehead atoms. The fraction of sp³-hybridized carbons (Fsp3) is 0.500. The monoisotopic (exact) mass is 250 g/mol. The first kappa shape index (κ1) is 12.1. The van der Waals surface area contributed by atoms with Gasteiger partial charge in [-0.1, -0.05) is 26.1 Å². The van der Waals surface area contributed by atoms with Gasteiger partial charge >= 0.3 is 0 Å². The normalized spacial score (nSPS) is 13.2. The van der Waals surface area contributed by atoms with Gasteiger partial charge in [-0.3, -0.25) is 14.5 Å². The van der Waals surface area contributed by atoms with Gasteiger partial charge in [0.15, 0.2) is 0 Å². The molecule has 4 nitrogen and oxygen atoms in total. The van der Waals surface area contributed by atoms with Crippen molar-refractivity contribution in [3.8, 4) is 11.4 Å². The van der Waals surface area contributed by atoms with Gasteiger partial charge < -0.3 is 0 Å². The number of nitrogens with one attached hydrogen (secondary N) is 1. The summed E-state index contributed by atoms with van der Waals surface area (Å²) in [6.07, 6.45) is 1.79. The lowest BCUT2D eigenvalue weighted by Crippen LogP contribution is -2.13. The van der Waals surface area contributed by atoms with Gasteiger partial charge in [-0.05, 0) is 18.9 Å². The lowest BCUT2D eigenvalue weighted by atomic mass is 10.1. The van der Waals surface area contributed by atoms with E-state index in [1.165, 1.54) is 0 Å². The topological polar surface area (TPSA) is 38.5 Å². The molecule has 1 unspecified atom stereocenters. The molecule has 1 atom stereocenters. The van der Waals surface area contributed by atoms with Crippen LogP contribution in [0.4, 0.5) is 0 Å². The van der Waals surface area contributed by atoms with Crippen molar-refractivity contribution in [2.24, 2.45) is 13.0 Å². The molecular formula is C12H18N4S. The molecule has 1 N–H and O–H groups in total. The zero-order valence-corrected chi connectivity index (χ0v) is 11.5. The Morgan fingerprint density at radius 1 is 1.35 bits per heavy atom. The van der Waals surface area contributed by atoms with Crippen LogP contribution in [0.25, 0.3) is 11.4 Å². The summed E-state index contributed by atoms with van der Waals surface area (Å²) >= 11 is 5.39. The van der Waals surface area contributed by atoms with Crippen molar-refractivity contribution in [2.75, 3.05) is 0 Å². The molecule has 0 amide bonds. The third-order valence-corrected chi connectivity index (χ3v) is 3.53. The Kier molecular flexibility index (Phi) is 3.19. The standard InChI is InChI=1S/C12H18N4S/c1-8(2)9(3)16-12(17)7-10(14-16)11-5-6-13-15(11)4/h5-9,14H,1-4H3. The summed E-state index contributed by atoms with van der Waals surface area (Å²) in [5.41, 5.74) is 2.06. The van der Waals surface area contributed by atoms with E-state index >= 15 is 0 Å². The average molecular weight is 250 g/mol. The Balaban J connectivity index is 2.44. The van der Waals surface area contributed by atoms with E-state index in [4.69, 9.17) is 12.2 Å². The van der Waals surface area contributed by atoms with E-state index in [0.717, 1.165) is 16.0 Å². The smallest absolute Gasteiger partial charge is 0.122 e. The summed E-state index contributed by atoms with van der Waals surface area (Å²) in [5, 5.41) is 7.52. The van der Waals surface area contributed by atoms with Gasteiger partial charge in [-0.2, -0.15) is 5.10 Å². The van der Waals surface area contributed by atoms with E-state index in [9.17, 15) is 0 Å². The third-order valence-electron chi connectivity index (χ3n) is 3.22. The molecule has 2 heterocycles. The predicted octanol–water partition coefficient (Wildman–Crippen LogP) is 3.16. The van der Waals surface area contributed by atoms with E-state index in [-0.39, 0.29) is 0 Å². The molecule has 92 valence electrons. The molecule has 0 aliphatic rings. The molecule has 0 spiro atoms. The number of nitrogens with zero attached hydrogens (tertiary/aromatic N) is 3. The number of aromatic nitrogens is 4. The van der Waals surface area contributed by atoms with Gasteiger partial charge in [0.25, 0.3) is 0 Å². The second-order valence-corrected chi connectivity index (χ2v) is 5.12. The van der Waals surface area contributed by atoms with Gasteiger partial charge in [0, 0.05) is 19.3 Å². The van der Waals surface area contributed by atoms with Crippen LogP contribution in [0.15, 0.2) is 18.3 Å². The zero-order chi connectivity index (χ0) is 12.6. The maximum Gasteiger partial charge on any atom is 0.122 e. The molecule has 17 heavy (non-hydrogen) atoms. The second kappa shape index (κ2) is 4.49. The van der Waals surface area contributed by atoms with Crippen LogP contribution in [0.3, 0.4) is 0 Å². The third kappa shape index (κ3) is 2.20. The van der Waals surface area contributed by atoms with Crippen LogP contribution in [0.2, 0.25) is 0 Å². The highest BCUT2D eigenvalue weighted by molar-refractivity contribution is 7.71. The molecule has 0 saturated carbocycles. The van der Waals surface area contributed by atoms with Gasteiger partial charge in [0.1, 0.15) is 4.64 Å². The van der Waals surface area contributed by atoms with Crippen LogP contribution in [0, 0.1) is 10.6 Å². The maximum atomic E-state index is 5.39. The first-order valence-electron chi connectivity index (χ1n) is 5.80. The fourth-order valence-electron chi connectivity index (χ4n) is 1.78. The molecule has 2 rings (SSSR count). The highest BCUT2D eigenvalue weighted by Crippen LogP contribution is 2.21. The van der Waals surface area contributed by atoms with Crippen molar-refractivity contribution >= 4 is 12.2 Å². The first-order chi connectivity index (χ1) is 8.00. The summed E-state index contributed by atoms with van der Waals surface area (Å²) in [6.45, 7) is 6.55. The maximum absolute atomic E-state index is 5.39. The highest BCUT2D eigenvalue weighted by atomic mass is 32.1. The van der Waals surface area contributed by atoms with Crippen molar-refractivity contribution in [3.05, 3.63) is 23.0 Å². The van der Waals surface area contributed by atoms with E-state index in [2.05, 4.69) is 31.0 Å². The lowest BCUT2D eigenvalue weighted by Gasteiger charge is -2.17. The Hall–Kier alpha value is -1.36. The summed E-state index contributed by atoms with van der Waals surface area (Å²) in [7, 11) is 1.93. The molecule has 0 aliphatic heterocycles. The Bertz CT molecular complexity index is 561. The summed E-state index contributed by atoms with van der Waals surface area (Å²) < 4.78 is 4.72. The summed E-state index contributed by atoms with van der Waals surface area (Å²) in [4.78, 5) is 0. The van der Waals surface area contributed by atoms with Crippen LogP contribution < -0.4 is 0 Å². The second-order valence-electron chi connectivity index (χ2n) is 4.70. The summed E-state index contributed by atoms with van der Waals surface area (Å²) in [6, 6.07) is 4.33. The van der Waals surface area contributed by atoms with Gasteiger partial charge in [-0.25, -0.2) is 0 Å². The number of hydrogen-bond acceptors (Lipinski definition) is 2. The number of rotatable bonds is 3. The molecule has 0 saturated heterocycles. The van der Waals surface area contributed by atoms with Crippen molar-refractivity contribution in [1.29, 1.82) is 0 Å². The predicted molar refractivity (Wildman–Crippen MR) is 71.4 cm³/mol. The minimum Gasteiger partial charge on any atom is -0.295 e. The lowest BCUT2D eigenvalue weighted by molar-refractivity contribution is 0.372. The van der Waals surface area contributed by atoms with Gasteiger partial charge in [0.05, 0.1) is 17.4 Å². The molecule has 0 fully saturated rings. The zero-order valence-electron chi connectivity index (χ0n) is 10.6. The van der Waals surface area contributed by atoms with E-state index in [0.29, 0.717) is 12.0 Å². The number of H-pyrrole nitrogens is 1. The largest absolute Gasteiger partial charge is 0.295 e. The Morgan fingerprint density at radius 2 is 2.06 bits per heavy atom. The Morgan fingerprint density at radius 3 is 2.59 bits per heavy atom. The van der Waals surface area contributed by atoms with Crippen LogP contribution in [-0.4, -0.2) is 19.6 Å². The molecule has 5 heteroatoms. The number of aromatic amines is 1. The molecule has 0 aliphatic carbocycles. The number of aryl methyl sites for hydroxylation is 1. The van der Waals surface area contributed by atoms with E-state index in [1.807, 2.05) is 28.5 Å². The van der Waals surface area contributed by atoms with E-state index in [1.54, 1.807) is 6.20 Å². The minimum absolute atomic E-state index is 0.365. The van der Waals surface area contributed by atoms with Gasteiger partial charge in [-0.15, -0.1) is 0 Å². The molecular weight excluding hydrogens is 232 g/mol. The average Bonchev–Trinajstić information content (AvgIpc) is 2.83. The fourth-order valence-corrected chi connectivity index (χ4v) is 2.11. The van der Waals surface area contributed by atoms with Crippen LogP contribution in [0.1, 0.15) is 26.8 Å². The molecule has 0 radical (unpaired) electrons. The number of hydrogen-bond donors (Lipinski definition) is 1. The summed E-state index contributed by atoms with van der Waals surface area (Å²) in [5.74, 6) is 0.541. The van der Waals surface area contributed by atoms with Crippen LogP contribution in [0.5, 0.6) is 0 Å². The van der Waals surface area contributed by atoms with E-state index < -0.39 is 0 Å². The first-order valence-corrected chi connectivity index (χ1v) is 6.21. The van der Waals surface area contributed by atoms with Crippen LogP contribution >= 0.6 is 12.2 Å². The molecule has 2 aromatic rings. The Labute approximate surface area is 106 Å².